The number of benzene rings is 1. The van der Waals surface area contributed by atoms with Gasteiger partial charge in [0.05, 0.1) is 5.54 Å². The van der Waals surface area contributed by atoms with Crippen molar-refractivity contribution < 1.29 is 4.79 Å². The van der Waals surface area contributed by atoms with E-state index in [9.17, 15) is 4.79 Å². The summed E-state index contributed by atoms with van der Waals surface area (Å²) in [5.74, 6) is 0.157. The van der Waals surface area contributed by atoms with E-state index in [1.54, 1.807) is 0 Å². The third-order valence-corrected chi connectivity index (χ3v) is 2.70. The van der Waals surface area contributed by atoms with Gasteiger partial charge >= 0.3 is 0 Å². The first-order valence-electron chi connectivity index (χ1n) is 5.93. The standard InChI is InChI=1S/C14H21NO.ClH/c1-4-5-11-15-14(2,3)13(16)12-9-7-6-8-10-12;/h6-10,15H,4-5,11H2,1-3H3;1H. The van der Waals surface area contributed by atoms with E-state index in [2.05, 4.69) is 12.2 Å². The Morgan fingerprint density at radius 2 is 1.82 bits per heavy atom. The molecule has 2 nitrogen and oxygen atoms in total. The smallest absolute Gasteiger partial charge is 0.182 e. The molecule has 0 aromatic heterocycles. The summed E-state index contributed by atoms with van der Waals surface area (Å²) in [5, 5.41) is 3.31. The lowest BCUT2D eigenvalue weighted by Crippen LogP contribution is -2.47. The predicted molar refractivity (Wildman–Crippen MR) is 75.0 cm³/mol. The fourth-order valence-corrected chi connectivity index (χ4v) is 1.61. The Bertz CT molecular complexity index is 335. The molecule has 0 aliphatic carbocycles. The van der Waals surface area contributed by atoms with Crippen LogP contribution in [0.5, 0.6) is 0 Å². The minimum atomic E-state index is -0.476. The molecule has 0 saturated carbocycles. The maximum Gasteiger partial charge on any atom is 0.182 e. The average Bonchev–Trinajstić information content (AvgIpc) is 2.29. The highest BCUT2D eigenvalue weighted by Crippen LogP contribution is 2.12. The molecule has 0 unspecified atom stereocenters. The lowest BCUT2D eigenvalue weighted by molar-refractivity contribution is 0.0882. The molecule has 0 bridgehead atoms. The second-order valence-corrected chi connectivity index (χ2v) is 4.60. The van der Waals surface area contributed by atoms with Crippen molar-refractivity contribution in [2.75, 3.05) is 6.54 Å². The van der Waals surface area contributed by atoms with Gasteiger partial charge in [-0.05, 0) is 26.8 Å². The molecule has 1 aromatic carbocycles. The van der Waals surface area contributed by atoms with E-state index in [0.29, 0.717) is 0 Å². The van der Waals surface area contributed by atoms with E-state index in [1.807, 2.05) is 44.2 Å². The van der Waals surface area contributed by atoms with E-state index in [-0.39, 0.29) is 18.2 Å². The van der Waals surface area contributed by atoms with Crippen LogP contribution in [0.3, 0.4) is 0 Å². The van der Waals surface area contributed by atoms with Crippen LogP contribution in [0.15, 0.2) is 30.3 Å². The van der Waals surface area contributed by atoms with Crippen molar-refractivity contribution in [3.05, 3.63) is 35.9 Å². The fraction of sp³-hybridized carbons (Fsp3) is 0.500. The Balaban J connectivity index is 0.00000256. The van der Waals surface area contributed by atoms with Gasteiger partial charge in [-0.25, -0.2) is 0 Å². The molecule has 1 N–H and O–H groups in total. The summed E-state index contributed by atoms with van der Waals surface area (Å²) in [4.78, 5) is 12.2. The topological polar surface area (TPSA) is 29.1 Å². The third kappa shape index (κ3) is 4.88. The van der Waals surface area contributed by atoms with Gasteiger partial charge in [0.25, 0.3) is 0 Å². The van der Waals surface area contributed by atoms with Crippen LogP contribution < -0.4 is 5.32 Å². The molecule has 0 spiro atoms. The molecule has 0 aliphatic rings. The Kier molecular flexibility index (Phi) is 7.09. The molecule has 96 valence electrons. The molecule has 0 saturated heterocycles. The molecule has 1 rings (SSSR count). The van der Waals surface area contributed by atoms with Gasteiger partial charge < -0.3 is 5.32 Å². The van der Waals surface area contributed by atoms with Crippen molar-refractivity contribution in [3.63, 3.8) is 0 Å². The first-order valence-corrected chi connectivity index (χ1v) is 5.93. The highest BCUT2D eigenvalue weighted by Gasteiger charge is 2.27. The number of rotatable bonds is 6. The van der Waals surface area contributed by atoms with Gasteiger partial charge in [-0.1, -0.05) is 43.7 Å². The number of nitrogens with one attached hydrogen (secondary N) is 1. The molecule has 0 radical (unpaired) electrons. The Morgan fingerprint density at radius 1 is 1.24 bits per heavy atom. The fourth-order valence-electron chi connectivity index (χ4n) is 1.61. The third-order valence-electron chi connectivity index (χ3n) is 2.70. The summed E-state index contributed by atoms with van der Waals surface area (Å²) in [6.07, 6.45) is 2.24. The van der Waals surface area contributed by atoms with Crippen LogP contribution in [0.25, 0.3) is 0 Å². The first kappa shape index (κ1) is 16.1. The second-order valence-electron chi connectivity index (χ2n) is 4.60. The largest absolute Gasteiger partial charge is 0.305 e. The first-order chi connectivity index (χ1) is 7.58. The van der Waals surface area contributed by atoms with Crippen LogP contribution in [0.2, 0.25) is 0 Å². The van der Waals surface area contributed by atoms with Gasteiger partial charge in [-0.3, -0.25) is 4.79 Å². The average molecular weight is 256 g/mol. The predicted octanol–water partition coefficient (Wildman–Crippen LogP) is 3.46. The van der Waals surface area contributed by atoms with Crippen LogP contribution in [-0.2, 0) is 0 Å². The molecule has 0 fully saturated rings. The quantitative estimate of drug-likeness (QED) is 0.623. The summed E-state index contributed by atoms with van der Waals surface area (Å²) >= 11 is 0. The summed E-state index contributed by atoms with van der Waals surface area (Å²) in [5.41, 5.74) is 0.299. The number of unbranched alkanes of at least 4 members (excludes halogenated alkanes) is 1. The minimum absolute atomic E-state index is 0. The number of hydrogen-bond donors (Lipinski definition) is 1. The maximum absolute atomic E-state index is 12.2. The van der Waals surface area contributed by atoms with Gasteiger partial charge in [-0.2, -0.15) is 0 Å². The molecule has 0 amide bonds. The van der Waals surface area contributed by atoms with Crippen LogP contribution in [0, 0.1) is 0 Å². The highest BCUT2D eigenvalue weighted by atomic mass is 35.5. The number of halogens is 1. The van der Waals surface area contributed by atoms with E-state index in [0.717, 1.165) is 24.9 Å². The zero-order valence-electron chi connectivity index (χ0n) is 10.8. The molecule has 17 heavy (non-hydrogen) atoms. The van der Waals surface area contributed by atoms with E-state index >= 15 is 0 Å². The molecule has 0 atom stereocenters. The van der Waals surface area contributed by atoms with E-state index in [4.69, 9.17) is 0 Å². The Labute approximate surface area is 110 Å². The highest BCUT2D eigenvalue weighted by molar-refractivity contribution is 6.02. The molecule has 0 heterocycles. The normalized spacial score (nSPS) is 10.8. The van der Waals surface area contributed by atoms with Crippen molar-refractivity contribution in [1.29, 1.82) is 0 Å². The Morgan fingerprint density at radius 3 is 2.35 bits per heavy atom. The van der Waals surface area contributed by atoms with Crippen LogP contribution in [-0.4, -0.2) is 17.9 Å². The van der Waals surface area contributed by atoms with Gasteiger partial charge in [0.1, 0.15) is 0 Å². The summed E-state index contributed by atoms with van der Waals surface area (Å²) < 4.78 is 0. The van der Waals surface area contributed by atoms with Crippen molar-refractivity contribution in [3.8, 4) is 0 Å². The zero-order chi connectivity index (χ0) is 12.0. The van der Waals surface area contributed by atoms with E-state index < -0.39 is 5.54 Å². The SMILES string of the molecule is CCCCNC(C)(C)C(=O)c1ccccc1.Cl. The second kappa shape index (κ2) is 7.46. The number of Topliss-reactive ketones (excluding diaryl/α,β-unsaturated/α-hetero) is 1. The van der Waals surface area contributed by atoms with Crippen molar-refractivity contribution >= 4 is 18.2 Å². The number of carbonyl (C=O) groups is 1. The van der Waals surface area contributed by atoms with Crippen molar-refractivity contribution in [2.45, 2.75) is 39.2 Å². The Hall–Kier alpha value is -0.860. The minimum Gasteiger partial charge on any atom is -0.305 e. The maximum atomic E-state index is 12.2. The number of hydrogen-bond acceptors (Lipinski definition) is 2. The van der Waals surface area contributed by atoms with Crippen LogP contribution in [0.1, 0.15) is 44.0 Å². The van der Waals surface area contributed by atoms with Gasteiger partial charge in [0, 0.05) is 5.56 Å². The molecule has 3 heteroatoms. The van der Waals surface area contributed by atoms with Gasteiger partial charge in [0.2, 0.25) is 0 Å². The number of ketones is 1. The monoisotopic (exact) mass is 255 g/mol. The van der Waals surface area contributed by atoms with E-state index in [1.165, 1.54) is 0 Å². The van der Waals surface area contributed by atoms with Crippen molar-refractivity contribution in [1.82, 2.24) is 5.32 Å². The van der Waals surface area contributed by atoms with Gasteiger partial charge in [0.15, 0.2) is 5.78 Å². The lowest BCUT2D eigenvalue weighted by Gasteiger charge is -2.24. The van der Waals surface area contributed by atoms with Crippen molar-refractivity contribution in [2.24, 2.45) is 0 Å². The number of carbonyl (C=O) groups excluding carboxylic acids is 1. The summed E-state index contributed by atoms with van der Waals surface area (Å²) in [7, 11) is 0. The summed E-state index contributed by atoms with van der Waals surface area (Å²) in [6.45, 7) is 6.92. The lowest BCUT2D eigenvalue weighted by atomic mass is 9.93. The molecular formula is C14H22ClNO. The van der Waals surface area contributed by atoms with Crippen LogP contribution in [0.4, 0.5) is 0 Å². The zero-order valence-corrected chi connectivity index (χ0v) is 11.6. The molecular weight excluding hydrogens is 234 g/mol. The molecule has 1 aromatic rings. The molecule has 0 aliphatic heterocycles. The van der Waals surface area contributed by atoms with Gasteiger partial charge in [-0.15, -0.1) is 12.4 Å². The summed E-state index contributed by atoms with van der Waals surface area (Å²) in [6, 6.07) is 9.45. The van der Waals surface area contributed by atoms with Crippen LogP contribution >= 0.6 is 12.4 Å².